The smallest absolute Gasteiger partial charge is 0.243 e. The largest absolute Gasteiger partial charge is 0.492 e. The normalized spacial score (nSPS) is 12.2. The van der Waals surface area contributed by atoms with Gasteiger partial charge >= 0.3 is 0 Å². The van der Waals surface area contributed by atoms with E-state index >= 15 is 0 Å². The van der Waals surface area contributed by atoms with Crippen molar-refractivity contribution in [1.82, 2.24) is 10.2 Å². The fraction of sp³-hybridized carbons (Fsp3) is 0.481. The van der Waals surface area contributed by atoms with Gasteiger partial charge in [0.2, 0.25) is 21.8 Å². The van der Waals surface area contributed by atoms with Crippen molar-refractivity contribution in [1.29, 1.82) is 0 Å². The quantitative estimate of drug-likeness (QED) is 0.326. The number of rotatable bonds is 14. The molecule has 1 atom stereocenters. The van der Waals surface area contributed by atoms with Gasteiger partial charge in [-0.1, -0.05) is 48.3 Å². The molecule has 1 N–H and O–H groups in total. The summed E-state index contributed by atoms with van der Waals surface area (Å²) in [6, 6.07) is 11.1. The first-order valence-corrected chi connectivity index (χ1v) is 15.2. The molecule has 0 radical (unpaired) electrons. The lowest BCUT2D eigenvalue weighted by Gasteiger charge is -2.32. The number of hydrogen-bond acceptors (Lipinski definition) is 5. The first kappa shape index (κ1) is 31.7. The van der Waals surface area contributed by atoms with E-state index in [1.807, 2.05) is 27.7 Å². The zero-order valence-electron chi connectivity index (χ0n) is 22.5. The molecule has 0 unspecified atom stereocenters. The Morgan fingerprint density at radius 1 is 1.03 bits per heavy atom. The van der Waals surface area contributed by atoms with Crippen molar-refractivity contribution in [2.75, 3.05) is 23.7 Å². The number of halogens is 2. The molecule has 0 saturated heterocycles. The standard InChI is InChI=1S/C27H37Cl2N3O5S/c1-6-23(27(34)30-19(3)4)31(18-20-21(28)12-10-13-22(20)29)26(33)16-11-17-32(38(5,35)36)24-14-8-9-15-25(24)37-7-2/h8-10,12-15,19,23H,6-7,11,16-18H2,1-5H3,(H,30,34)/t23-/m0/s1. The third-order valence-corrected chi connectivity index (χ3v) is 7.68. The number of nitrogens with one attached hydrogen (secondary N) is 1. The Morgan fingerprint density at radius 3 is 2.21 bits per heavy atom. The van der Waals surface area contributed by atoms with E-state index in [1.54, 1.807) is 42.5 Å². The lowest BCUT2D eigenvalue weighted by atomic mass is 10.1. The summed E-state index contributed by atoms with van der Waals surface area (Å²) in [6.07, 6.45) is 1.73. The van der Waals surface area contributed by atoms with Crippen LogP contribution in [0.1, 0.15) is 52.5 Å². The van der Waals surface area contributed by atoms with Gasteiger partial charge in [0, 0.05) is 41.2 Å². The van der Waals surface area contributed by atoms with Gasteiger partial charge in [-0.15, -0.1) is 0 Å². The topological polar surface area (TPSA) is 96.0 Å². The van der Waals surface area contributed by atoms with Crippen LogP contribution >= 0.6 is 23.2 Å². The molecule has 2 rings (SSSR count). The zero-order valence-corrected chi connectivity index (χ0v) is 24.9. The molecule has 38 heavy (non-hydrogen) atoms. The molecule has 2 amide bonds. The number of anilines is 1. The third-order valence-electron chi connectivity index (χ3n) is 5.79. The number of carbonyl (C=O) groups excluding carboxylic acids is 2. The SMILES string of the molecule is CCOc1ccccc1N(CCCC(=O)N(Cc1c(Cl)cccc1Cl)[C@@H](CC)C(=O)NC(C)C)S(C)(=O)=O. The monoisotopic (exact) mass is 585 g/mol. The summed E-state index contributed by atoms with van der Waals surface area (Å²) < 4.78 is 32.2. The number of nitrogens with zero attached hydrogens (tertiary/aromatic N) is 2. The molecule has 0 saturated carbocycles. The van der Waals surface area contributed by atoms with Crippen LogP contribution in [0.3, 0.4) is 0 Å². The number of amides is 2. The van der Waals surface area contributed by atoms with Gasteiger partial charge in [-0.25, -0.2) is 8.42 Å². The number of carbonyl (C=O) groups is 2. The third kappa shape index (κ3) is 8.78. The van der Waals surface area contributed by atoms with Gasteiger partial charge in [0.05, 0.1) is 18.6 Å². The van der Waals surface area contributed by atoms with Crippen LogP contribution in [0.4, 0.5) is 5.69 Å². The van der Waals surface area contributed by atoms with Gasteiger partial charge in [-0.3, -0.25) is 13.9 Å². The number of sulfonamides is 1. The maximum atomic E-state index is 13.6. The van der Waals surface area contributed by atoms with Crippen LogP contribution in [0.25, 0.3) is 0 Å². The minimum absolute atomic E-state index is 0.0103. The lowest BCUT2D eigenvalue weighted by Crippen LogP contribution is -2.50. The minimum Gasteiger partial charge on any atom is -0.492 e. The van der Waals surface area contributed by atoms with E-state index in [-0.39, 0.29) is 43.8 Å². The average Bonchev–Trinajstić information content (AvgIpc) is 2.83. The van der Waals surface area contributed by atoms with E-state index in [9.17, 15) is 18.0 Å². The average molecular weight is 587 g/mol. The van der Waals surface area contributed by atoms with Gasteiger partial charge in [0.25, 0.3) is 0 Å². The summed E-state index contributed by atoms with van der Waals surface area (Å²) in [5.41, 5.74) is 0.954. The van der Waals surface area contributed by atoms with E-state index in [0.717, 1.165) is 6.26 Å². The maximum absolute atomic E-state index is 13.6. The van der Waals surface area contributed by atoms with Crippen LogP contribution < -0.4 is 14.4 Å². The molecule has 0 aliphatic rings. The van der Waals surface area contributed by atoms with Crippen molar-refractivity contribution in [2.45, 2.75) is 65.6 Å². The molecule has 0 aliphatic heterocycles. The van der Waals surface area contributed by atoms with Gasteiger partial charge in [-0.2, -0.15) is 0 Å². The Labute approximate surface area is 236 Å². The molecule has 8 nitrogen and oxygen atoms in total. The predicted molar refractivity (Wildman–Crippen MR) is 153 cm³/mol. The fourth-order valence-electron chi connectivity index (χ4n) is 4.08. The van der Waals surface area contributed by atoms with E-state index in [2.05, 4.69) is 5.32 Å². The first-order valence-electron chi connectivity index (χ1n) is 12.6. The van der Waals surface area contributed by atoms with Crippen LogP contribution in [-0.4, -0.2) is 56.6 Å². The summed E-state index contributed by atoms with van der Waals surface area (Å²) in [4.78, 5) is 28.1. The number of para-hydroxylation sites is 2. The second-order valence-electron chi connectivity index (χ2n) is 9.15. The van der Waals surface area contributed by atoms with Crippen molar-refractivity contribution in [3.63, 3.8) is 0 Å². The molecular weight excluding hydrogens is 549 g/mol. The van der Waals surface area contributed by atoms with Crippen LogP contribution in [0.5, 0.6) is 5.75 Å². The zero-order chi connectivity index (χ0) is 28.5. The summed E-state index contributed by atoms with van der Waals surface area (Å²) in [7, 11) is -3.66. The van der Waals surface area contributed by atoms with Crippen LogP contribution in [0, 0.1) is 0 Å². The number of ether oxygens (including phenoxy) is 1. The van der Waals surface area contributed by atoms with Crippen LogP contribution in [-0.2, 0) is 26.2 Å². The Balaban J connectivity index is 2.31. The molecule has 2 aromatic carbocycles. The molecule has 0 spiro atoms. The van der Waals surface area contributed by atoms with Crippen molar-refractivity contribution in [2.24, 2.45) is 0 Å². The van der Waals surface area contributed by atoms with Crippen molar-refractivity contribution < 1.29 is 22.7 Å². The van der Waals surface area contributed by atoms with Crippen molar-refractivity contribution >= 4 is 50.7 Å². The highest BCUT2D eigenvalue weighted by molar-refractivity contribution is 7.92. The molecule has 0 heterocycles. The first-order chi connectivity index (χ1) is 17.9. The van der Waals surface area contributed by atoms with Gasteiger partial charge in [0.15, 0.2) is 0 Å². The van der Waals surface area contributed by atoms with Gasteiger partial charge in [0.1, 0.15) is 11.8 Å². The highest BCUT2D eigenvalue weighted by Crippen LogP contribution is 2.31. The van der Waals surface area contributed by atoms with E-state index < -0.39 is 16.1 Å². The second kappa shape index (κ2) is 14.6. The highest BCUT2D eigenvalue weighted by atomic mass is 35.5. The number of hydrogen-bond donors (Lipinski definition) is 1. The lowest BCUT2D eigenvalue weighted by molar-refractivity contribution is -0.141. The maximum Gasteiger partial charge on any atom is 0.243 e. The highest BCUT2D eigenvalue weighted by Gasteiger charge is 2.30. The van der Waals surface area contributed by atoms with Gasteiger partial charge < -0.3 is 15.0 Å². The Hall–Kier alpha value is -2.49. The molecule has 11 heteroatoms. The summed E-state index contributed by atoms with van der Waals surface area (Å²) >= 11 is 12.8. The Bertz CT molecular complexity index is 1190. The van der Waals surface area contributed by atoms with Gasteiger partial charge in [-0.05, 0) is 57.9 Å². The summed E-state index contributed by atoms with van der Waals surface area (Å²) in [5.74, 6) is -0.140. The number of benzene rings is 2. The molecule has 2 aromatic rings. The summed E-state index contributed by atoms with van der Waals surface area (Å²) in [6.45, 7) is 7.83. The Morgan fingerprint density at radius 2 is 1.66 bits per heavy atom. The summed E-state index contributed by atoms with van der Waals surface area (Å²) in [5, 5.41) is 3.67. The molecule has 0 bridgehead atoms. The van der Waals surface area contributed by atoms with Crippen molar-refractivity contribution in [3.8, 4) is 5.75 Å². The Kier molecular flexibility index (Phi) is 12.2. The predicted octanol–water partition coefficient (Wildman–Crippen LogP) is 5.27. The van der Waals surface area contributed by atoms with Crippen LogP contribution in [0.2, 0.25) is 10.0 Å². The minimum atomic E-state index is -3.66. The fourth-order valence-corrected chi connectivity index (χ4v) is 5.56. The molecule has 0 aliphatic carbocycles. The van der Waals surface area contributed by atoms with Crippen molar-refractivity contribution in [3.05, 3.63) is 58.1 Å². The molecule has 210 valence electrons. The molecule has 0 fully saturated rings. The van der Waals surface area contributed by atoms with E-state index in [0.29, 0.717) is 40.1 Å². The van der Waals surface area contributed by atoms with E-state index in [4.69, 9.17) is 27.9 Å². The molecule has 0 aromatic heterocycles. The second-order valence-corrected chi connectivity index (χ2v) is 11.9. The van der Waals surface area contributed by atoms with E-state index in [1.165, 1.54) is 9.21 Å². The molecular formula is C27H37Cl2N3O5S. The van der Waals surface area contributed by atoms with Crippen LogP contribution in [0.15, 0.2) is 42.5 Å².